The Morgan fingerprint density at radius 3 is 2.22 bits per heavy atom. The van der Waals surface area contributed by atoms with Gasteiger partial charge in [-0.05, 0) is 67.4 Å². The van der Waals surface area contributed by atoms with Crippen LogP contribution < -0.4 is 4.90 Å². The monoisotopic (exact) mass is 710 g/mol. The van der Waals surface area contributed by atoms with Crippen LogP contribution in [0.5, 0.6) is 0 Å². The van der Waals surface area contributed by atoms with Crippen molar-refractivity contribution in [2.75, 3.05) is 4.90 Å². The van der Waals surface area contributed by atoms with Gasteiger partial charge in [0.15, 0.2) is 0 Å². The van der Waals surface area contributed by atoms with Gasteiger partial charge in [-0.15, -0.1) is 41.3 Å². The van der Waals surface area contributed by atoms with Gasteiger partial charge in [-0.1, -0.05) is 54.2 Å². The fraction of sp³-hybridized carbons (Fsp3) is 0.111. The fourth-order valence-electron chi connectivity index (χ4n) is 5.57. The third-order valence-corrected chi connectivity index (χ3v) is 7.57. The maximum atomic E-state index is 4.32. The maximum Gasteiger partial charge on any atom is 3.00 e. The quantitative estimate of drug-likeness (QED) is 0.172. The number of aryl methyl sites for hydroxylation is 1. The van der Waals surface area contributed by atoms with Gasteiger partial charge in [0.05, 0.1) is 0 Å². The summed E-state index contributed by atoms with van der Waals surface area (Å²) in [5.41, 5.74) is 8.07. The summed E-state index contributed by atoms with van der Waals surface area (Å²) in [5, 5.41) is 5.20. The fourth-order valence-corrected chi connectivity index (χ4v) is 5.57. The molecule has 5 heteroatoms. The molecular formula is C36H29IrN4. The molecule has 0 spiro atoms. The Morgan fingerprint density at radius 2 is 1.49 bits per heavy atom. The predicted molar refractivity (Wildman–Crippen MR) is 166 cm³/mol. The van der Waals surface area contributed by atoms with Crippen LogP contribution in [-0.4, -0.2) is 20.3 Å². The van der Waals surface area contributed by atoms with Crippen LogP contribution in [0, 0.1) is 25.7 Å². The van der Waals surface area contributed by atoms with Gasteiger partial charge in [0, 0.05) is 28.0 Å². The van der Waals surface area contributed by atoms with Gasteiger partial charge in [-0.2, -0.15) is 24.9 Å². The molecular weight excluding hydrogens is 681 g/mol. The molecule has 4 aromatic carbocycles. The van der Waals surface area contributed by atoms with Crippen molar-refractivity contribution in [2.45, 2.75) is 26.8 Å². The van der Waals surface area contributed by atoms with Crippen LogP contribution in [0.15, 0.2) is 110 Å². The van der Waals surface area contributed by atoms with Crippen molar-refractivity contribution in [3.63, 3.8) is 0 Å². The number of benzene rings is 4. The number of aromatic nitrogens is 2. The second kappa shape index (κ2) is 11.0. The second-order valence-electron chi connectivity index (χ2n) is 10.5. The Kier molecular flexibility index (Phi) is 7.25. The first kappa shape index (κ1) is 27.0. The van der Waals surface area contributed by atoms with Crippen molar-refractivity contribution in [2.24, 2.45) is 0 Å². The first-order chi connectivity index (χ1) is 19.6. The molecule has 0 N–H and O–H groups in total. The Bertz CT molecular complexity index is 1970. The van der Waals surface area contributed by atoms with E-state index in [-0.39, 0.29) is 20.1 Å². The van der Waals surface area contributed by atoms with Crippen molar-refractivity contribution >= 4 is 43.8 Å². The average Bonchev–Trinajstić information content (AvgIpc) is 3.71. The van der Waals surface area contributed by atoms with Crippen molar-refractivity contribution in [3.05, 3.63) is 134 Å². The summed E-state index contributed by atoms with van der Waals surface area (Å²) in [5.74, 6) is 0. The minimum Gasteiger partial charge on any atom is -0.506 e. The molecule has 0 bridgehead atoms. The van der Waals surface area contributed by atoms with Gasteiger partial charge < -0.3 is 19.2 Å². The van der Waals surface area contributed by atoms with Crippen molar-refractivity contribution in [3.8, 4) is 11.3 Å². The van der Waals surface area contributed by atoms with Crippen LogP contribution in [-0.2, 0) is 20.1 Å². The average molecular weight is 710 g/mol. The minimum absolute atomic E-state index is 0. The molecule has 0 saturated heterocycles. The number of hydrogen-bond acceptors (Lipinski definition) is 3. The van der Waals surface area contributed by atoms with E-state index in [0.29, 0.717) is 6.04 Å². The molecule has 8 rings (SSSR count). The number of para-hydroxylation sites is 2. The van der Waals surface area contributed by atoms with Crippen LogP contribution >= 0.6 is 0 Å². The minimum atomic E-state index is 0. The van der Waals surface area contributed by atoms with Gasteiger partial charge in [0.1, 0.15) is 0 Å². The molecule has 4 nitrogen and oxygen atoms in total. The summed E-state index contributed by atoms with van der Waals surface area (Å²) >= 11 is 0. The third-order valence-electron chi connectivity index (χ3n) is 7.57. The SMILES string of the molecule is CC(C)N1C=CN(c2[c-]ccc3c4cccc5c6ccccc6n(c23)c54)[CH-]1.Cc1ccc(-c2[c-]cccc2)nc1.[Ir+3]. The first-order valence-corrected chi connectivity index (χ1v) is 13.7. The van der Waals surface area contributed by atoms with Gasteiger partial charge in [0.25, 0.3) is 0 Å². The predicted octanol–water partition coefficient (Wildman–Crippen LogP) is 8.61. The molecule has 0 atom stereocenters. The largest absolute Gasteiger partial charge is 3.00 e. The topological polar surface area (TPSA) is 23.8 Å². The molecule has 0 fully saturated rings. The maximum absolute atomic E-state index is 4.32. The number of rotatable bonds is 3. The molecule has 0 radical (unpaired) electrons. The molecule has 1 aliphatic rings. The summed E-state index contributed by atoms with van der Waals surface area (Å²) < 4.78 is 2.42. The molecule has 202 valence electrons. The summed E-state index contributed by atoms with van der Waals surface area (Å²) in [6.45, 7) is 8.58. The Hall–Kier alpha value is -4.18. The summed E-state index contributed by atoms with van der Waals surface area (Å²) in [7, 11) is 0. The van der Waals surface area contributed by atoms with Crippen LogP contribution in [0.4, 0.5) is 5.69 Å². The summed E-state index contributed by atoms with van der Waals surface area (Å²) in [6.07, 6.45) is 6.12. The first-order valence-electron chi connectivity index (χ1n) is 13.7. The van der Waals surface area contributed by atoms with Gasteiger partial charge >= 0.3 is 20.1 Å². The second-order valence-corrected chi connectivity index (χ2v) is 10.5. The van der Waals surface area contributed by atoms with Crippen LogP contribution in [0.2, 0.25) is 0 Å². The van der Waals surface area contributed by atoms with E-state index in [4.69, 9.17) is 0 Å². The molecule has 0 unspecified atom stereocenters. The number of fused-ring (bicyclic) bond motifs is 6. The van der Waals surface area contributed by atoms with Crippen molar-refractivity contribution in [1.82, 2.24) is 14.3 Å². The molecule has 3 aromatic heterocycles. The van der Waals surface area contributed by atoms with Gasteiger partial charge in [-0.25, -0.2) is 0 Å². The summed E-state index contributed by atoms with van der Waals surface area (Å²) in [6, 6.07) is 38.6. The normalized spacial score (nSPS) is 13.0. The van der Waals surface area contributed by atoms with Crippen LogP contribution in [0.3, 0.4) is 0 Å². The van der Waals surface area contributed by atoms with Crippen molar-refractivity contribution < 1.29 is 20.1 Å². The smallest absolute Gasteiger partial charge is 0.506 e. The van der Waals surface area contributed by atoms with Gasteiger partial charge in [0.2, 0.25) is 0 Å². The Labute approximate surface area is 254 Å². The number of pyridine rings is 1. The Balaban J connectivity index is 0.000000183. The number of hydrogen-bond donors (Lipinski definition) is 0. The van der Waals surface area contributed by atoms with E-state index in [1.165, 1.54) is 43.7 Å². The zero-order valence-corrected chi connectivity index (χ0v) is 25.6. The van der Waals surface area contributed by atoms with Crippen LogP contribution in [0.1, 0.15) is 19.4 Å². The molecule has 0 saturated carbocycles. The number of anilines is 1. The van der Waals surface area contributed by atoms with Gasteiger partial charge in [-0.3, -0.25) is 0 Å². The van der Waals surface area contributed by atoms with Crippen molar-refractivity contribution in [1.29, 1.82) is 0 Å². The molecule has 41 heavy (non-hydrogen) atoms. The molecule has 0 aliphatic carbocycles. The summed E-state index contributed by atoms with van der Waals surface area (Å²) in [4.78, 5) is 8.72. The standard InChI is InChI=1S/C24H19N3.C12H10N.Ir/c1-16(2)25-13-14-26(15-25)22-12-6-10-20-19-9-5-8-18-17-7-3-4-11-21(17)27(23(18)19)24(20)22;1-10-7-8-12(13-9-10)11-5-3-2-4-6-11;/h3-11,13-16H,1-2H3;2-5,7-9H,1H3;/q-2;-1;+3. The molecule has 1 aliphatic heterocycles. The zero-order valence-electron chi connectivity index (χ0n) is 23.2. The van der Waals surface area contributed by atoms with Crippen LogP contribution in [0.25, 0.3) is 49.4 Å². The molecule has 4 heterocycles. The molecule has 7 aromatic rings. The zero-order chi connectivity index (χ0) is 27.2. The third kappa shape index (κ3) is 4.65. The van der Waals surface area contributed by atoms with E-state index >= 15 is 0 Å². The van der Waals surface area contributed by atoms with E-state index in [9.17, 15) is 0 Å². The van der Waals surface area contributed by atoms with E-state index in [2.05, 4.69) is 119 Å². The number of nitrogens with zero attached hydrogens (tertiary/aromatic N) is 4. The van der Waals surface area contributed by atoms with E-state index in [1.807, 2.05) is 49.5 Å². The van der Waals surface area contributed by atoms with E-state index in [1.54, 1.807) is 0 Å². The van der Waals surface area contributed by atoms with E-state index < -0.39 is 0 Å². The van der Waals surface area contributed by atoms with E-state index in [0.717, 1.165) is 16.9 Å². The molecule has 0 amide bonds. The Morgan fingerprint density at radius 1 is 0.732 bits per heavy atom.